The Morgan fingerprint density at radius 2 is 2.11 bits per heavy atom. The zero-order valence-corrected chi connectivity index (χ0v) is 5.94. The van der Waals surface area contributed by atoms with E-state index in [0.717, 1.165) is 11.3 Å². The van der Waals surface area contributed by atoms with Crippen LogP contribution in [0.2, 0.25) is 0 Å². The van der Waals surface area contributed by atoms with Crippen LogP contribution in [0.5, 0.6) is 0 Å². The van der Waals surface area contributed by atoms with Gasteiger partial charge in [0.2, 0.25) is 0 Å². The summed E-state index contributed by atoms with van der Waals surface area (Å²) >= 11 is 0. The quantitative estimate of drug-likeness (QED) is 0.342. The standard InChI is InChI=1S/C7H12N2/c1-6(2)7(3)9-5-8-4/h5H,1,3H2,2,4H3,(H,8,9). The predicted octanol–water partition coefficient (Wildman–Crippen LogP) is 1.32. The Morgan fingerprint density at radius 3 is 2.44 bits per heavy atom. The van der Waals surface area contributed by atoms with Gasteiger partial charge in [0, 0.05) is 12.7 Å². The van der Waals surface area contributed by atoms with Gasteiger partial charge < -0.3 is 5.32 Å². The molecular formula is C7H12N2. The lowest BCUT2D eigenvalue weighted by molar-refractivity contribution is 1.15. The van der Waals surface area contributed by atoms with Crippen LogP contribution in [0.15, 0.2) is 29.4 Å². The summed E-state index contributed by atoms with van der Waals surface area (Å²) in [5, 5.41) is 2.85. The van der Waals surface area contributed by atoms with Gasteiger partial charge in [-0.2, -0.15) is 0 Å². The van der Waals surface area contributed by atoms with Gasteiger partial charge in [-0.25, -0.2) is 0 Å². The molecule has 2 nitrogen and oxygen atoms in total. The predicted molar refractivity (Wildman–Crippen MR) is 41.5 cm³/mol. The van der Waals surface area contributed by atoms with Gasteiger partial charge in [0.15, 0.2) is 0 Å². The monoisotopic (exact) mass is 124 g/mol. The van der Waals surface area contributed by atoms with E-state index in [1.807, 2.05) is 6.92 Å². The van der Waals surface area contributed by atoms with Gasteiger partial charge >= 0.3 is 0 Å². The van der Waals surface area contributed by atoms with Crippen LogP contribution in [-0.4, -0.2) is 13.4 Å². The molecule has 0 aliphatic rings. The van der Waals surface area contributed by atoms with E-state index in [-0.39, 0.29) is 0 Å². The minimum Gasteiger partial charge on any atom is -0.347 e. The number of nitrogens with one attached hydrogen (secondary N) is 1. The average molecular weight is 124 g/mol. The molecule has 0 radical (unpaired) electrons. The van der Waals surface area contributed by atoms with Crippen molar-refractivity contribution in [3.8, 4) is 0 Å². The van der Waals surface area contributed by atoms with Gasteiger partial charge in [0.05, 0.1) is 6.34 Å². The molecule has 0 atom stereocenters. The molecule has 0 aromatic rings. The maximum Gasteiger partial charge on any atom is 0.0864 e. The highest BCUT2D eigenvalue weighted by Gasteiger charge is 1.86. The lowest BCUT2D eigenvalue weighted by Gasteiger charge is -2.00. The van der Waals surface area contributed by atoms with Crippen LogP contribution in [0, 0.1) is 0 Å². The summed E-state index contributed by atoms with van der Waals surface area (Å²) < 4.78 is 0. The lowest BCUT2D eigenvalue weighted by atomic mass is 10.3. The van der Waals surface area contributed by atoms with Crippen molar-refractivity contribution in [1.82, 2.24) is 5.32 Å². The summed E-state index contributed by atoms with van der Waals surface area (Å²) in [5.74, 6) is 0. The van der Waals surface area contributed by atoms with Gasteiger partial charge in [0.1, 0.15) is 0 Å². The largest absolute Gasteiger partial charge is 0.347 e. The molecule has 0 aromatic carbocycles. The van der Waals surface area contributed by atoms with Crippen molar-refractivity contribution in [3.63, 3.8) is 0 Å². The van der Waals surface area contributed by atoms with Crippen molar-refractivity contribution in [3.05, 3.63) is 24.4 Å². The van der Waals surface area contributed by atoms with Gasteiger partial charge in [-0.1, -0.05) is 13.2 Å². The molecule has 0 saturated heterocycles. The van der Waals surface area contributed by atoms with Crippen molar-refractivity contribution >= 4 is 6.34 Å². The first-order valence-corrected chi connectivity index (χ1v) is 2.70. The molecule has 0 aliphatic carbocycles. The molecule has 50 valence electrons. The van der Waals surface area contributed by atoms with E-state index in [9.17, 15) is 0 Å². The highest BCUT2D eigenvalue weighted by atomic mass is 14.9. The Balaban J connectivity index is 3.65. The van der Waals surface area contributed by atoms with E-state index in [1.54, 1.807) is 13.4 Å². The third-order valence-corrected chi connectivity index (χ3v) is 0.883. The Bertz CT molecular complexity index is 145. The molecule has 0 aromatic heterocycles. The van der Waals surface area contributed by atoms with Crippen molar-refractivity contribution < 1.29 is 0 Å². The summed E-state index contributed by atoms with van der Waals surface area (Å²) in [5.41, 5.74) is 1.73. The van der Waals surface area contributed by atoms with Crippen molar-refractivity contribution in [2.24, 2.45) is 4.99 Å². The minimum absolute atomic E-state index is 0.806. The lowest BCUT2D eigenvalue weighted by Crippen LogP contribution is -2.09. The highest BCUT2D eigenvalue weighted by Crippen LogP contribution is 1.95. The molecule has 0 aliphatic heterocycles. The molecule has 0 unspecified atom stereocenters. The molecule has 0 rings (SSSR count). The highest BCUT2D eigenvalue weighted by molar-refractivity contribution is 5.58. The first kappa shape index (κ1) is 7.95. The third kappa shape index (κ3) is 3.53. The van der Waals surface area contributed by atoms with Crippen LogP contribution in [0.3, 0.4) is 0 Å². The number of rotatable bonds is 3. The molecule has 0 heterocycles. The summed E-state index contributed by atoms with van der Waals surface area (Å²) in [7, 11) is 1.69. The normalized spacial score (nSPS) is 9.56. The molecule has 0 spiro atoms. The molecule has 9 heavy (non-hydrogen) atoms. The fourth-order valence-corrected chi connectivity index (χ4v) is 0.266. The van der Waals surface area contributed by atoms with Gasteiger partial charge in [-0.05, 0) is 12.5 Å². The number of hydrogen-bond donors (Lipinski definition) is 1. The minimum atomic E-state index is 0.806. The molecule has 2 heteroatoms. The van der Waals surface area contributed by atoms with Gasteiger partial charge in [-0.3, -0.25) is 4.99 Å². The number of allylic oxidation sites excluding steroid dienone is 1. The Kier molecular flexibility index (Phi) is 3.44. The van der Waals surface area contributed by atoms with E-state index in [1.165, 1.54) is 0 Å². The van der Waals surface area contributed by atoms with Crippen LogP contribution in [0.25, 0.3) is 0 Å². The maximum absolute atomic E-state index is 3.72. The van der Waals surface area contributed by atoms with Crippen molar-refractivity contribution in [1.29, 1.82) is 0 Å². The Hall–Kier alpha value is -1.05. The molecule has 0 bridgehead atoms. The Labute approximate surface area is 56.0 Å². The van der Waals surface area contributed by atoms with Crippen LogP contribution in [0.1, 0.15) is 6.92 Å². The summed E-state index contributed by atoms with van der Waals surface area (Å²) in [6.45, 7) is 9.26. The zero-order chi connectivity index (χ0) is 7.28. The van der Waals surface area contributed by atoms with Gasteiger partial charge in [0.25, 0.3) is 0 Å². The first-order valence-electron chi connectivity index (χ1n) is 2.70. The van der Waals surface area contributed by atoms with Gasteiger partial charge in [-0.15, -0.1) is 0 Å². The zero-order valence-electron chi connectivity index (χ0n) is 5.94. The topological polar surface area (TPSA) is 24.4 Å². The van der Waals surface area contributed by atoms with Crippen LogP contribution in [-0.2, 0) is 0 Å². The van der Waals surface area contributed by atoms with Crippen LogP contribution >= 0.6 is 0 Å². The average Bonchev–Trinajstić information content (AvgIpc) is 1.82. The smallest absolute Gasteiger partial charge is 0.0864 e. The van der Waals surface area contributed by atoms with E-state index in [2.05, 4.69) is 23.5 Å². The molecule has 1 N–H and O–H groups in total. The summed E-state index contributed by atoms with van der Waals surface area (Å²) in [6, 6.07) is 0. The number of aliphatic imine (C=N–C) groups is 1. The summed E-state index contributed by atoms with van der Waals surface area (Å²) in [6.07, 6.45) is 1.58. The number of hydrogen-bond acceptors (Lipinski definition) is 1. The van der Waals surface area contributed by atoms with Crippen LogP contribution in [0.4, 0.5) is 0 Å². The second-order valence-electron chi connectivity index (χ2n) is 1.79. The van der Waals surface area contributed by atoms with Crippen molar-refractivity contribution in [2.45, 2.75) is 6.92 Å². The maximum atomic E-state index is 3.72. The summed E-state index contributed by atoms with van der Waals surface area (Å²) in [4.78, 5) is 3.72. The van der Waals surface area contributed by atoms with E-state index >= 15 is 0 Å². The molecule has 0 fully saturated rings. The fourth-order valence-electron chi connectivity index (χ4n) is 0.266. The molecular weight excluding hydrogens is 112 g/mol. The fraction of sp³-hybridized carbons (Fsp3) is 0.286. The second-order valence-corrected chi connectivity index (χ2v) is 1.79. The van der Waals surface area contributed by atoms with E-state index in [4.69, 9.17) is 0 Å². The SMILES string of the molecule is C=C(C)C(=C)NC=NC. The number of nitrogens with zero attached hydrogens (tertiary/aromatic N) is 1. The van der Waals surface area contributed by atoms with Crippen LogP contribution < -0.4 is 5.32 Å². The second kappa shape index (κ2) is 3.89. The first-order chi connectivity index (χ1) is 4.18. The van der Waals surface area contributed by atoms with E-state index in [0.29, 0.717) is 0 Å². The molecule has 0 saturated carbocycles. The third-order valence-electron chi connectivity index (χ3n) is 0.883. The van der Waals surface area contributed by atoms with Crippen molar-refractivity contribution in [2.75, 3.05) is 7.05 Å². The Morgan fingerprint density at radius 1 is 1.56 bits per heavy atom. The molecule has 0 amide bonds. The van der Waals surface area contributed by atoms with E-state index < -0.39 is 0 Å².